The average Bonchev–Trinajstić information content (AvgIpc) is 2.34. The molecule has 0 bridgehead atoms. The minimum Gasteiger partial charge on any atom is -0.271 e. The lowest BCUT2D eigenvalue weighted by Gasteiger charge is -2.30. The number of rotatable bonds is 3. The molecule has 1 fully saturated rings. The van der Waals surface area contributed by atoms with Crippen molar-refractivity contribution in [3.8, 4) is 0 Å². The Kier molecular flexibility index (Phi) is 4.13. The van der Waals surface area contributed by atoms with Crippen molar-refractivity contribution in [3.05, 3.63) is 29.1 Å². The highest BCUT2D eigenvalue weighted by molar-refractivity contribution is 5.25. The van der Waals surface area contributed by atoms with Crippen LogP contribution < -0.4 is 11.3 Å². The second kappa shape index (κ2) is 5.61. The van der Waals surface area contributed by atoms with E-state index in [2.05, 4.69) is 29.5 Å². The van der Waals surface area contributed by atoms with E-state index in [9.17, 15) is 0 Å². The Bertz CT molecular complexity index is 370. The number of hydrazine groups is 1. The van der Waals surface area contributed by atoms with Crippen molar-refractivity contribution < 1.29 is 0 Å². The molecular weight excluding hydrogens is 210 g/mol. The summed E-state index contributed by atoms with van der Waals surface area (Å²) < 4.78 is 0. The minimum atomic E-state index is 0.267. The van der Waals surface area contributed by atoms with Gasteiger partial charge in [0.2, 0.25) is 0 Å². The van der Waals surface area contributed by atoms with Crippen molar-refractivity contribution in [2.75, 3.05) is 0 Å². The van der Waals surface area contributed by atoms with Gasteiger partial charge in [0.1, 0.15) is 0 Å². The van der Waals surface area contributed by atoms with Crippen LogP contribution in [0.3, 0.4) is 0 Å². The summed E-state index contributed by atoms with van der Waals surface area (Å²) >= 11 is 0. The second-order valence-corrected chi connectivity index (χ2v) is 5.17. The van der Waals surface area contributed by atoms with Crippen LogP contribution in [0, 0.1) is 19.8 Å². The first-order chi connectivity index (χ1) is 8.22. The maximum absolute atomic E-state index is 5.76. The van der Waals surface area contributed by atoms with Crippen molar-refractivity contribution in [1.82, 2.24) is 10.4 Å². The van der Waals surface area contributed by atoms with Gasteiger partial charge < -0.3 is 0 Å². The van der Waals surface area contributed by atoms with Crippen LogP contribution in [0.15, 0.2) is 12.1 Å². The Balaban J connectivity index is 2.21. The van der Waals surface area contributed by atoms with Crippen molar-refractivity contribution in [2.24, 2.45) is 11.8 Å². The number of pyridine rings is 1. The van der Waals surface area contributed by atoms with Crippen LogP contribution in [0.2, 0.25) is 0 Å². The molecule has 17 heavy (non-hydrogen) atoms. The lowest BCUT2D eigenvalue weighted by molar-refractivity contribution is 0.272. The van der Waals surface area contributed by atoms with E-state index < -0.39 is 0 Å². The Labute approximate surface area is 104 Å². The first-order valence-electron chi connectivity index (χ1n) is 6.62. The summed E-state index contributed by atoms with van der Waals surface area (Å²) in [7, 11) is 0. The van der Waals surface area contributed by atoms with Crippen LogP contribution in [0.5, 0.6) is 0 Å². The van der Waals surface area contributed by atoms with Gasteiger partial charge in [-0.25, -0.2) is 0 Å². The highest BCUT2D eigenvalue weighted by Gasteiger charge is 2.25. The van der Waals surface area contributed by atoms with E-state index >= 15 is 0 Å². The molecule has 0 spiro atoms. The van der Waals surface area contributed by atoms with Crippen LogP contribution in [-0.4, -0.2) is 4.98 Å². The number of nitrogens with zero attached hydrogens (tertiary/aromatic N) is 1. The zero-order valence-corrected chi connectivity index (χ0v) is 10.9. The molecule has 1 aliphatic rings. The third-order valence-corrected chi connectivity index (χ3v) is 3.90. The molecule has 0 aromatic carbocycles. The molecule has 1 aromatic rings. The summed E-state index contributed by atoms with van der Waals surface area (Å²) in [6, 6.07) is 4.52. The fourth-order valence-corrected chi connectivity index (χ4v) is 2.97. The van der Waals surface area contributed by atoms with Gasteiger partial charge in [-0.05, 0) is 44.2 Å². The maximum Gasteiger partial charge on any atom is 0.0506 e. The van der Waals surface area contributed by atoms with Crippen molar-refractivity contribution >= 4 is 0 Å². The molecule has 0 aliphatic heterocycles. The standard InChI is InChI=1S/C14H23N3/c1-10-8-9-13(11(2)16-10)14(17-15)12-6-4-3-5-7-12/h8-9,12,14,17H,3-7,15H2,1-2H3. The smallest absolute Gasteiger partial charge is 0.0506 e. The van der Waals surface area contributed by atoms with Gasteiger partial charge in [0.15, 0.2) is 0 Å². The van der Waals surface area contributed by atoms with Crippen molar-refractivity contribution in [1.29, 1.82) is 0 Å². The van der Waals surface area contributed by atoms with Gasteiger partial charge in [-0.15, -0.1) is 0 Å². The second-order valence-electron chi connectivity index (χ2n) is 5.17. The first kappa shape index (κ1) is 12.5. The van der Waals surface area contributed by atoms with Gasteiger partial charge in [-0.3, -0.25) is 16.3 Å². The summed E-state index contributed by atoms with van der Waals surface area (Å²) in [5.41, 5.74) is 6.46. The van der Waals surface area contributed by atoms with Gasteiger partial charge in [0, 0.05) is 11.4 Å². The molecule has 3 nitrogen and oxygen atoms in total. The van der Waals surface area contributed by atoms with Gasteiger partial charge in [0.05, 0.1) is 6.04 Å². The van der Waals surface area contributed by atoms with Crippen molar-refractivity contribution in [2.45, 2.75) is 52.0 Å². The molecule has 0 saturated heterocycles. The van der Waals surface area contributed by atoms with Crippen LogP contribution in [0.1, 0.15) is 55.1 Å². The predicted octanol–water partition coefficient (Wildman–Crippen LogP) is 2.78. The topological polar surface area (TPSA) is 50.9 Å². The SMILES string of the molecule is Cc1ccc(C(NN)C2CCCCC2)c(C)n1. The van der Waals surface area contributed by atoms with Gasteiger partial charge in [-0.1, -0.05) is 25.3 Å². The molecule has 0 amide bonds. The first-order valence-corrected chi connectivity index (χ1v) is 6.62. The Morgan fingerprint density at radius 2 is 1.94 bits per heavy atom. The summed E-state index contributed by atoms with van der Waals surface area (Å²) in [5.74, 6) is 6.43. The number of nitrogens with two attached hydrogens (primary N) is 1. The molecule has 1 atom stereocenters. The summed E-state index contributed by atoms with van der Waals surface area (Å²) in [6.07, 6.45) is 6.60. The van der Waals surface area contributed by atoms with E-state index in [1.165, 1.54) is 37.7 Å². The molecule has 2 rings (SSSR count). The monoisotopic (exact) mass is 233 g/mol. The van der Waals surface area contributed by atoms with Gasteiger partial charge >= 0.3 is 0 Å². The molecule has 1 heterocycles. The average molecular weight is 233 g/mol. The van der Waals surface area contributed by atoms with Crippen LogP contribution in [0.25, 0.3) is 0 Å². The number of hydrogen-bond acceptors (Lipinski definition) is 3. The number of aromatic nitrogens is 1. The van der Waals surface area contributed by atoms with E-state index in [-0.39, 0.29) is 6.04 Å². The maximum atomic E-state index is 5.76. The van der Waals surface area contributed by atoms with Crippen molar-refractivity contribution in [3.63, 3.8) is 0 Å². The fourth-order valence-electron chi connectivity index (χ4n) is 2.97. The molecule has 1 saturated carbocycles. The molecule has 94 valence electrons. The van der Waals surface area contributed by atoms with Crippen LogP contribution in [0.4, 0.5) is 0 Å². The van der Waals surface area contributed by atoms with E-state index in [0.717, 1.165) is 11.4 Å². The lowest BCUT2D eigenvalue weighted by Crippen LogP contribution is -2.35. The van der Waals surface area contributed by atoms with Crippen LogP contribution >= 0.6 is 0 Å². The van der Waals surface area contributed by atoms with Gasteiger partial charge in [-0.2, -0.15) is 0 Å². The summed E-state index contributed by atoms with van der Waals surface area (Å²) in [5, 5.41) is 0. The fraction of sp³-hybridized carbons (Fsp3) is 0.643. The molecule has 0 radical (unpaired) electrons. The minimum absolute atomic E-state index is 0.267. The van der Waals surface area contributed by atoms with E-state index in [1.807, 2.05) is 6.92 Å². The molecular formula is C14H23N3. The third-order valence-electron chi connectivity index (χ3n) is 3.90. The quantitative estimate of drug-likeness (QED) is 0.623. The van der Waals surface area contributed by atoms with Crippen LogP contribution in [-0.2, 0) is 0 Å². The molecule has 3 N–H and O–H groups in total. The highest BCUT2D eigenvalue weighted by atomic mass is 15.2. The number of hydrogen-bond donors (Lipinski definition) is 2. The summed E-state index contributed by atoms with van der Waals surface area (Å²) in [6.45, 7) is 4.11. The van der Waals surface area contributed by atoms with E-state index in [0.29, 0.717) is 5.92 Å². The highest BCUT2D eigenvalue weighted by Crippen LogP contribution is 2.34. The Morgan fingerprint density at radius 1 is 1.24 bits per heavy atom. The summed E-state index contributed by atoms with van der Waals surface area (Å²) in [4.78, 5) is 4.54. The van der Waals surface area contributed by atoms with Gasteiger partial charge in [0.25, 0.3) is 0 Å². The number of aryl methyl sites for hydroxylation is 2. The Morgan fingerprint density at radius 3 is 2.53 bits per heavy atom. The predicted molar refractivity (Wildman–Crippen MR) is 70.4 cm³/mol. The normalized spacial score (nSPS) is 19.2. The third kappa shape index (κ3) is 2.85. The van der Waals surface area contributed by atoms with E-state index in [4.69, 9.17) is 5.84 Å². The zero-order valence-electron chi connectivity index (χ0n) is 10.9. The largest absolute Gasteiger partial charge is 0.271 e. The zero-order chi connectivity index (χ0) is 12.3. The molecule has 1 unspecified atom stereocenters. The molecule has 1 aliphatic carbocycles. The number of nitrogens with one attached hydrogen (secondary N) is 1. The Hall–Kier alpha value is -0.930. The van der Waals surface area contributed by atoms with E-state index in [1.54, 1.807) is 0 Å². The molecule has 3 heteroatoms. The lowest BCUT2D eigenvalue weighted by atomic mass is 9.81. The molecule has 1 aromatic heterocycles.